The van der Waals surface area contributed by atoms with E-state index in [-0.39, 0.29) is 64.2 Å². The van der Waals surface area contributed by atoms with Gasteiger partial charge in [-0.05, 0) is 80.4 Å². The first-order valence-electron chi connectivity index (χ1n) is 17.1. The molecule has 0 aromatic carbocycles. The Hall–Kier alpha value is -1.27. The minimum Gasteiger partial charge on any atom is -0.462 e. The van der Waals surface area contributed by atoms with Crippen molar-refractivity contribution in [2.45, 2.75) is 155 Å². The standard InChI is InChI=1S/C36H64O7Si2/c1-24-15-16-25-19-27(42-44(11,12)34(2,3)4)21-30(41-33(38)36(8,9)23-39-10)32(25)29(24)18-17-26-20-28(22-31(37)40-26)43-45(13,14)35(5,6)7/h15-16,19,24,26-30,32H,17-18,20-23H2,1-14H3/t24-,26+,27+,28+,29-,30-,32-/m0/s1. The van der Waals surface area contributed by atoms with E-state index < -0.39 is 22.0 Å². The summed E-state index contributed by atoms with van der Waals surface area (Å²) in [5.74, 6) is 0.165. The maximum Gasteiger partial charge on any atom is 0.314 e. The number of ether oxygens (including phenoxy) is 3. The zero-order valence-electron chi connectivity index (χ0n) is 30.9. The number of hydrogen-bond donors (Lipinski definition) is 0. The second-order valence-electron chi connectivity index (χ2n) is 17.6. The highest BCUT2D eigenvalue weighted by atomic mass is 28.4. The van der Waals surface area contributed by atoms with Crippen LogP contribution in [0.3, 0.4) is 0 Å². The summed E-state index contributed by atoms with van der Waals surface area (Å²) in [5.41, 5.74) is 0.433. The second kappa shape index (κ2) is 14.1. The van der Waals surface area contributed by atoms with E-state index in [0.29, 0.717) is 19.4 Å². The monoisotopic (exact) mass is 664 g/mol. The Labute approximate surface area is 276 Å². The highest BCUT2D eigenvalue weighted by Gasteiger charge is 2.47. The number of esters is 2. The summed E-state index contributed by atoms with van der Waals surface area (Å²) < 4.78 is 31.3. The average molecular weight is 665 g/mol. The fraction of sp³-hybridized carbons (Fsp3) is 0.833. The fourth-order valence-electron chi connectivity index (χ4n) is 6.41. The molecule has 45 heavy (non-hydrogen) atoms. The molecule has 0 saturated carbocycles. The SMILES string of the molecule is COCC(C)(C)C(=O)O[C@H]1C[C@H](O[Si](C)(C)C(C)(C)C)C=C2C=C[C@H](C)[C@H](CC[C@@H]3C[C@@H](O[Si](C)(C)C(C)(C)C)CC(=O)O3)[C@H]21. The van der Waals surface area contributed by atoms with Crippen molar-refractivity contribution in [3.8, 4) is 0 Å². The zero-order valence-corrected chi connectivity index (χ0v) is 32.9. The molecule has 0 amide bonds. The maximum atomic E-state index is 13.6. The van der Waals surface area contributed by atoms with Crippen molar-refractivity contribution in [2.24, 2.45) is 23.2 Å². The quantitative estimate of drug-likeness (QED) is 0.162. The van der Waals surface area contributed by atoms with Crippen LogP contribution < -0.4 is 0 Å². The van der Waals surface area contributed by atoms with Crippen LogP contribution in [-0.2, 0) is 32.7 Å². The molecule has 258 valence electrons. The molecule has 0 spiro atoms. The second-order valence-corrected chi connectivity index (χ2v) is 27.1. The van der Waals surface area contributed by atoms with Crippen LogP contribution in [0.5, 0.6) is 0 Å². The average Bonchev–Trinajstić information content (AvgIpc) is 2.86. The van der Waals surface area contributed by atoms with Crippen LogP contribution >= 0.6 is 0 Å². The Bertz CT molecular complexity index is 1110. The van der Waals surface area contributed by atoms with E-state index >= 15 is 0 Å². The van der Waals surface area contributed by atoms with Gasteiger partial charge in [0.05, 0.1) is 30.7 Å². The van der Waals surface area contributed by atoms with E-state index in [0.717, 1.165) is 19.3 Å². The smallest absolute Gasteiger partial charge is 0.314 e. The van der Waals surface area contributed by atoms with Crippen molar-refractivity contribution in [2.75, 3.05) is 13.7 Å². The van der Waals surface area contributed by atoms with Crippen LogP contribution in [0.15, 0.2) is 23.8 Å². The van der Waals surface area contributed by atoms with Gasteiger partial charge in [-0.25, -0.2) is 0 Å². The zero-order chi connectivity index (χ0) is 34.2. The molecular weight excluding hydrogens is 601 g/mol. The van der Waals surface area contributed by atoms with Gasteiger partial charge in [0.1, 0.15) is 12.2 Å². The number of hydrogen-bond acceptors (Lipinski definition) is 7. The van der Waals surface area contributed by atoms with Gasteiger partial charge < -0.3 is 23.1 Å². The third-order valence-corrected chi connectivity index (χ3v) is 20.3. The third kappa shape index (κ3) is 9.43. The van der Waals surface area contributed by atoms with E-state index in [4.69, 9.17) is 23.1 Å². The molecule has 2 aliphatic carbocycles. The summed E-state index contributed by atoms with van der Waals surface area (Å²) in [4.78, 5) is 26.3. The minimum absolute atomic E-state index is 0.0464. The summed E-state index contributed by atoms with van der Waals surface area (Å²) in [6, 6.07) is 0. The largest absolute Gasteiger partial charge is 0.462 e. The summed E-state index contributed by atoms with van der Waals surface area (Å²) in [5, 5.41) is 0.145. The van der Waals surface area contributed by atoms with Gasteiger partial charge in [0, 0.05) is 25.9 Å². The number of carbonyl (C=O) groups is 2. The number of fused-ring (bicyclic) bond motifs is 1. The lowest BCUT2D eigenvalue weighted by Gasteiger charge is -2.46. The number of rotatable bonds is 11. The number of methoxy groups -OCH3 is 1. The molecule has 3 rings (SSSR count). The van der Waals surface area contributed by atoms with Gasteiger partial charge in [0.2, 0.25) is 0 Å². The minimum atomic E-state index is -2.06. The Morgan fingerprint density at radius 3 is 2.11 bits per heavy atom. The lowest BCUT2D eigenvalue weighted by atomic mass is 9.66. The molecule has 3 aliphatic rings. The normalized spacial score (nSPS) is 30.0. The molecular formula is C36H64O7Si2. The van der Waals surface area contributed by atoms with Crippen molar-refractivity contribution >= 4 is 28.6 Å². The van der Waals surface area contributed by atoms with Gasteiger partial charge in [-0.15, -0.1) is 0 Å². The molecule has 7 atom stereocenters. The molecule has 0 N–H and O–H groups in total. The highest BCUT2D eigenvalue weighted by molar-refractivity contribution is 6.74. The molecule has 1 aliphatic heterocycles. The number of allylic oxidation sites excluding steroid dienone is 2. The van der Waals surface area contributed by atoms with Crippen molar-refractivity contribution in [1.82, 2.24) is 0 Å². The lowest BCUT2D eigenvalue weighted by Crippen LogP contribution is -2.49. The molecule has 1 saturated heterocycles. The van der Waals surface area contributed by atoms with Crippen LogP contribution in [0.2, 0.25) is 36.3 Å². The molecule has 7 nitrogen and oxygen atoms in total. The molecule has 0 aromatic heterocycles. The molecule has 9 heteroatoms. The van der Waals surface area contributed by atoms with E-state index in [1.165, 1.54) is 5.57 Å². The number of carbonyl (C=O) groups excluding carboxylic acids is 2. The molecule has 0 unspecified atom stereocenters. The molecule has 0 radical (unpaired) electrons. The molecule has 1 heterocycles. The van der Waals surface area contributed by atoms with Gasteiger partial charge >= 0.3 is 11.9 Å². The van der Waals surface area contributed by atoms with Crippen molar-refractivity contribution < 1.29 is 32.7 Å². The van der Waals surface area contributed by atoms with Gasteiger partial charge in [0.25, 0.3) is 0 Å². The van der Waals surface area contributed by atoms with Crippen LogP contribution in [-0.4, -0.2) is 66.7 Å². The summed E-state index contributed by atoms with van der Waals surface area (Å²) in [7, 11) is -2.46. The molecule has 0 aromatic rings. The van der Waals surface area contributed by atoms with Crippen LogP contribution in [0.1, 0.15) is 94.4 Å². The Balaban J connectivity index is 1.85. The van der Waals surface area contributed by atoms with Crippen LogP contribution in [0.25, 0.3) is 0 Å². The third-order valence-electron chi connectivity index (χ3n) is 11.2. The molecule has 0 bridgehead atoms. The van der Waals surface area contributed by atoms with E-state index in [1.54, 1.807) is 7.11 Å². The maximum absolute atomic E-state index is 13.6. The van der Waals surface area contributed by atoms with Gasteiger partial charge in [-0.3, -0.25) is 9.59 Å². The van der Waals surface area contributed by atoms with E-state index in [9.17, 15) is 9.59 Å². The Kier molecular flexibility index (Phi) is 11.9. The first-order chi connectivity index (χ1) is 20.5. The molecule has 1 fully saturated rings. The topological polar surface area (TPSA) is 80.3 Å². The summed E-state index contributed by atoms with van der Waals surface area (Å²) in [6.07, 6.45) is 9.39. The Morgan fingerprint density at radius 1 is 0.933 bits per heavy atom. The Morgan fingerprint density at radius 2 is 1.53 bits per heavy atom. The van der Waals surface area contributed by atoms with Crippen LogP contribution in [0.4, 0.5) is 0 Å². The van der Waals surface area contributed by atoms with Gasteiger partial charge in [-0.2, -0.15) is 0 Å². The summed E-state index contributed by atoms with van der Waals surface area (Å²) >= 11 is 0. The number of cyclic esters (lactones) is 1. The van der Waals surface area contributed by atoms with Crippen LogP contribution in [0, 0.1) is 23.2 Å². The first-order valence-corrected chi connectivity index (χ1v) is 22.9. The van der Waals surface area contributed by atoms with E-state index in [1.807, 2.05) is 13.8 Å². The predicted molar refractivity (Wildman–Crippen MR) is 186 cm³/mol. The van der Waals surface area contributed by atoms with E-state index in [2.05, 4.69) is 92.9 Å². The highest BCUT2D eigenvalue weighted by Crippen LogP contribution is 2.47. The van der Waals surface area contributed by atoms with Gasteiger partial charge in [0.15, 0.2) is 16.6 Å². The predicted octanol–water partition coefficient (Wildman–Crippen LogP) is 8.61. The van der Waals surface area contributed by atoms with Crippen molar-refractivity contribution in [3.05, 3.63) is 23.8 Å². The first kappa shape index (κ1) is 38.2. The van der Waals surface area contributed by atoms with Crippen molar-refractivity contribution in [1.29, 1.82) is 0 Å². The lowest BCUT2D eigenvalue weighted by molar-refractivity contribution is -0.168. The van der Waals surface area contributed by atoms with Crippen molar-refractivity contribution in [3.63, 3.8) is 0 Å². The van der Waals surface area contributed by atoms with Gasteiger partial charge in [-0.1, -0.05) is 66.7 Å². The fourth-order valence-corrected chi connectivity index (χ4v) is 9.05. The summed E-state index contributed by atoms with van der Waals surface area (Å²) in [6.45, 7) is 28.8.